The number of alkyl halides is 2. The Labute approximate surface area is 160 Å². The summed E-state index contributed by atoms with van der Waals surface area (Å²) in [5.41, 5.74) is 4.04. The van der Waals surface area contributed by atoms with Crippen molar-refractivity contribution in [3.63, 3.8) is 0 Å². The number of rotatable bonds is 4. The highest BCUT2D eigenvalue weighted by Crippen LogP contribution is 2.28. The van der Waals surface area contributed by atoms with E-state index in [9.17, 15) is 13.6 Å². The van der Waals surface area contributed by atoms with E-state index in [1.54, 1.807) is 18.5 Å². The van der Waals surface area contributed by atoms with Gasteiger partial charge in [0.25, 0.3) is 12.3 Å². The van der Waals surface area contributed by atoms with Crippen LogP contribution in [-0.2, 0) is 6.42 Å². The van der Waals surface area contributed by atoms with Crippen LogP contribution < -0.4 is 10.2 Å². The van der Waals surface area contributed by atoms with Gasteiger partial charge in [-0.2, -0.15) is 0 Å². The molecule has 1 amide bonds. The zero-order valence-corrected chi connectivity index (χ0v) is 15.4. The Balaban J connectivity index is 1.65. The van der Waals surface area contributed by atoms with E-state index in [0.717, 1.165) is 22.6 Å². The molecule has 0 spiro atoms. The Morgan fingerprint density at radius 3 is 2.64 bits per heavy atom. The Morgan fingerprint density at radius 2 is 1.96 bits per heavy atom. The third-order valence-electron chi connectivity index (χ3n) is 4.76. The molecule has 0 saturated heterocycles. The van der Waals surface area contributed by atoms with Crippen LogP contribution in [0.25, 0.3) is 22.5 Å². The fraction of sp³-hybridized carbons (Fsp3) is 0.250. The third kappa shape index (κ3) is 3.33. The van der Waals surface area contributed by atoms with Gasteiger partial charge in [-0.05, 0) is 30.3 Å². The van der Waals surface area contributed by atoms with Gasteiger partial charge >= 0.3 is 0 Å². The second kappa shape index (κ2) is 7.03. The summed E-state index contributed by atoms with van der Waals surface area (Å²) in [5, 5.41) is 2.35. The van der Waals surface area contributed by atoms with E-state index in [4.69, 9.17) is 0 Å². The van der Waals surface area contributed by atoms with E-state index < -0.39 is 18.4 Å². The second-order valence-corrected chi connectivity index (χ2v) is 6.92. The van der Waals surface area contributed by atoms with Crippen LogP contribution in [0.4, 0.5) is 14.6 Å². The highest BCUT2D eigenvalue weighted by Gasteiger charge is 2.31. The van der Waals surface area contributed by atoms with Crippen molar-refractivity contribution in [1.82, 2.24) is 20.3 Å². The maximum atomic E-state index is 13.0. The molecule has 4 rings (SSSR count). The van der Waals surface area contributed by atoms with E-state index in [2.05, 4.69) is 20.3 Å². The highest BCUT2D eigenvalue weighted by atomic mass is 19.3. The number of anilines is 1. The topological polar surface area (TPSA) is 73.9 Å². The van der Waals surface area contributed by atoms with Crippen molar-refractivity contribution in [1.29, 1.82) is 0 Å². The van der Waals surface area contributed by atoms with Crippen LogP contribution in [0.15, 0.2) is 42.7 Å². The first-order chi connectivity index (χ1) is 13.4. The number of halogens is 2. The van der Waals surface area contributed by atoms with Crippen LogP contribution >= 0.6 is 0 Å². The predicted octanol–water partition coefficient (Wildman–Crippen LogP) is 3.12. The molecule has 144 valence electrons. The van der Waals surface area contributed by atoms with Gasteiger partial charge < -0.3 is 15.2 Å². The number of pyridine rings is 2. The molecule has 0 saturated carbocycles. The van der Waals surface area contributed by atoms with Crippen LogP contribution in [0.5, 0.6) is 0 Å². The number of aromatic nitrogens is 3. The molecule has 28 heavy (non-hydrogen) atoms. The van der Waals surface area contributed by atoms with Crippen LogP contribution in [0.2, 0.25) is 0 Å². The lowest BCUT2D eigenvalue weighted by atomic mass is 10.0. The molecule has 0 fully saturated rings. The maximum Gasteiger partial charge on any atom is 0.258 e. The monoisotopic (exact) mass is 383 g/mol. The zero-order chi connectivity index (χ0) is 19.8. The second-order valence-electron chi connectivity index (χ2n) is 6.92. The molecule has 3 aromatic rings. The van der Waals surface area contributed by atoms with Crippen molar-refractivity contribution < 1.29 is 13.6 Å². The molecular formula is C20H19F2N5O. The van der Waals surface area contributed by atoms with E-state index in [1.807, 2.05) is 43.3 Å². The van der Waals surface area contributed by atoms with Crippen molar-refractivity contribution in [2.75, 3.05) is 19.0 Å². The molecule has 1 unspecified atom stereocenters. The smallest absolute Gasteiger partial charge is 0.258 e. The summed E-state index contributed by atoms with van der Waals surface area (Å²) in [6.45, 7) is 0. The molecule has 1 atom stereocenters. The van der Waals surface area contributed by atoms with Crippen LogP contribution in [-0.4, -0.2) is 47.4 Å². The number of H-pyrrole nitrogens is 1. The minimum absolute atomic E-state index is 0.0760. The van der Waals surface area contributed by atoms with E-state index in [1.165, 1.54) is 0 Å². The average Bonchev–Trinajstić information content (AvgIpc) is 3.13. The Morgan fingerprint density at radius 1 is 1.14 bits per heavy atom. The summed E-state index contributed by atoms with van der Waals surface area (Å²) in [6, 6.07) is 8.07. The molecule has 8 heteroatoms. The lowest BCUT2D eigenvalue weighted by Crippen LogP contribution is -2.45. The fourth-order valence-electron chi connectivity index (χ4n) is 3.24. The Bertz CT molecular complexity index is 1010. The normalized spacial score (nSPS) is 16.0. The number of fused-ring (bicyclic) bond motifs is 1. The molecule has 0 radical (unpaired) electrons. The molecule has 3 aromatic heterocycles. The van der Waals surface area contributed by atoms with Crippen molar-refractivity contribution in [2.45, 2.75) is 18.9 Å². The largest absolute Gasteiger partial charge is 0.363 e. The minimum atomic E-state index is -2.60. The number of nitrogens with one attached hydrogen (secondary N) is 2. The number of amides is 1. The summed E-state index contributed by atoms with van der Waals surface area (Å²) < 4.78 is 26.0. The highest BCUT2D eigenvalue weighted by molar-refractivity contribution is 5.98. The van der Waals surface area contributed by atoms with Crippen molar-refractivity contribution in [3.05, 3.63) is 54.0 Å². The Kier molecular flexibility index (Phi) is 4.54. The molecule has 2 N–H and O–H groups in total. The van der Waals surface area contributed by atoms with E-state index >= 15 is 0 Å². The van der Waals surface area contributed by atoms with Gasteiger partial charge in [-0.25, -0.2) is 13.8 Å². The zero-order valence-electron chi connectivity index (χ0n) is 15.4. The fourth-order valence-corrected chi connectivity index (χ4v) is 3.24. The summed E-state index contributed by atoms with van der Waals surface area (Å²) in [5.74, 6) is 0.364. The van der Waals surface area contributed by atoms with Gasteiger partial charge in [-0.15, -0.1) is 0 Å². The Hall–Kier alpha value is -3.29. The number of aromatic amines is 1. The van der Waals surface area contributed by atoms with Crippen molar-refractivity contribution >= 4 is 11.7 Å². The van der Waals surface area contributed by atoms with Gasteiger partial charge in [0.2, 0.25) is 0 Å². The number of nitrogens with zero attached hydrogens (tertiary/aromatic N) is 3. The van der Waals surface area contributed by atoms with Gasteiger partial charge in [0.15, 0.2) is 0 Å². The summed E-state index contributed by atoms with van der Waals surface area (Å²) in [7, 11) is 3.84. The molecular weight excluding hydrogens is 364 g/mol. The van der Waals surface area contributed by atoms with Gasteiger partial charge in [0, 0.05) is 55.4 Å². The summed E-state index contributed by atoms with van der Waals surface area (Å²) in [6.07, 6.45) is 0.898. The maximum absolute atomic E-state index is 13.0. The SMILES string of the molecule is CN(C)c1ccc(-c2cc(-c3cc4c([nH]3)CC(C(F)F)NC4=O)ccn2)cn1. The van der Waals surface area contributed by atoms with E-state index in [0.29, 0.717) is 17.0 Å². The minimum Gasteiger partial charge on any atom is -0.363 e. The average molecular weight is 383 g/mol. The lowest BCUT2D eigenvalue weighted by molar-refractivity contribution is 0.0713. The van der Waals surface area contributed by atoms with E-state index in [-0.39, 0.29) is 6.42 Å². The lowest BCUT2D eigenvalue weighted by Gasteiger charge is -2.22. The molecule has 4 heterocycles. The summed E-state index contributed by atoms with van der Waals surface area (Å²) >= 11 is 0. The van der Waals surface area contributed by atoms with Crippen molar-refractivity contribution in [3.8, 4) is 22.5 Å². The number of hydrogen-bond donors (Lipinski definition) is 2. The molecule has 0 bridgehead atoms. The molecule has 6 nitrogen and oxygen atoms in total. The number of hydrogen-bond acceptors (Lipinski definition) is 4. The van der Waals surface area contributed by atoms with Crippen LogP contribution in [0.3, 0.4) is 0 Å². The first kappa shape index (κ1) is 18.1. The standard InChI is InChI=1S/C20H19F2N5O/c1-27(2)18-4-3-12(10-24-18)14-7-11(5-6-23-14)15-8-13-16(25-15)9-17(19(21)22)26-20(13)28/h3-8,10,17,19,25H,9H2,1-2H3,(H,26,28). The quantitative estimate of drug-likeness (QED) is 0.726. The van der Waals surface area contributed by atoms with Gasteiger partial charge in [-0.1, -0.05) is 0 Å². The van der Waals surface area contributed by atoms with Crippen LogP contribution in [0, 0.1) is 0 Å². The molecule has 1 aliphatic rings. The van der Waals surface area contributed by atoms with Crippen LogP contribution in [0.1, 0.15) is 16.1 Å². The summed E-state index contributed by atoms with van der Waals surface area (Å²) in [4.78, 5) is 26.0. The van der Waals surface area contributed by atoms with Gasteiger partial charge in [0.1, 0.15) is 5.82 Å². The number of carbonyl (C=O) groups excluding carboxylic acids is 1. The predicted molar refractivity (Wildman–Crippen MR) is 103 cm³/mol. The van der Waals surface area contributed by atoms with Gasteiger partial charge in [-0.3, -0.25) is 9.78 Å². The molecule has 0 aromatic carbocycles. The first-order valence-electron chi connectivity index (χ1n) is 8.83. The van der Waals surface area contributed by atoms with Crippen molar-refractivity contribution in [2.24, 2.45) is 0 Å². The third-order valence-corrected chi connectivity index (χ3v) is 4.76. The number of carbonyl (C=O) groups is 1. The van der Waals surface area contributed by atoms with Gasteiger partial charge in [0.05, 0.1) is 17.3 Å². The molecule has 1 aliphatic heterocycles. The molecule has 0 aliphatic carbocycles. The first-order valence-corrected chi connectivity index (χ1v) is 8.83.